The second-order valence-corrected chi connectivity index (χ2v) is 8.34. The molecule has 2 heterocycles. The van der Waals surface area contributed by atoms with E-state index >= 15 is 0 Å². The van der Waals surface area contributed by atoms with Gasteiger partial charge in [0.25, 0.3) is 0 Å². The van der Waals surface area contributed by atoms with E-state index in [1.165, 1.54) is 10.4 Å². The van der Waals surface area contributed by atoms with Gasteiger partial charge in [0.05, 0.1) is 0 Å². The third kappa shape index (κ3) is 2.28. The van der Waals surface area contributed by atoms with Crippen LogP contribution in [-0.2, 0) is 14.8 Å². The van der Waals surface area contributed by atoms with Crippen molar-refractivity contribution in [2.75, 3.05) is 6.79 Å². The average molecular weight is 353 g/mol. The number of benzene rings is 1. The van der Waals surface area contributed by atoms with Gasteiger partial charge in [0.1, 0.15) is 10.9 Å². The Labute approximate surface area is 140 Å². The Bertz CT molecular complexity index is 777. The fraction of sp³-hybridized carbons (Fsp3) is 0.562. The van der Waals surface area contributed by atoms with E-state index in [1.54, 1.807) is 12.1 Å². The second-order valence-electron chi connectivity index (χ2n) is 6.53. The van der Waals surface area contributed by atoms with Crippen LogP contribution in [0, 0.1) is 5.92 Å². The molecular formula is C16H19NO6S. The summed E-state index contributed by atoms with van der Waals surface area (Å²) in [6, 6.07) is 3.43. The maximum absolute atomic E-state index is 13.3. The highest BCUT2D eigenvalue weighted by atomic mass is 32.2. The predicted molar refractivity (Wildman–Crippen MR) is 83.4 cm³/mol. The normalized spacial score (nSPS) is 29.4. The number of hydrogen-bond acceptors (Lipinski definition) is 5. The Morgan fingerprint density at radius 2 is 2.00 bits per heavy atom. The van der Waals surface area contributed by atoms with Crippen LogP contribution in [0.3, 0.4) is 0 Å². The smallest absolute Gasteiger partial charge is 0.322 e. The van der Waals surface area contributed by atoms with Gasteiger partial charge in [-0.3, -0.25) is 4.79 Å². The highest BCUT2D eigenvalue weighted by Gasteiger charge is 2.52. The lowest BCUT2D eigenvalue weighted by atomic mass is 9.85. The van der Waals surface area contributed by atoms with E-state index in [-0.39, 0.29) is 29.4 Å². The van der Waals surface area contributed by atoms with E-state index < -0.39 is 22.0 Å². The molecule has 2 aliphatic heterocycles. The molecule has 1 N–H and O–H groups in total. The summed E-state index contributed by atoms with van der Waals surface area (Å²) in [4.78, 5) is 11.7. The number of ether oxygens (including phenoxy) is 2. The van der Waals surface area contributed by atoms with Gasteiger partial charge in [-0.25, -0.2) is 8.42 Å². The number of sulfonamides is 1. The number of hydrogen-bond donors (Lipinski definition) is 1. The molecule has 0 amide bonds. The fourth-order valence-electron chi connectivity index (χ4n) is 4.20. The molecule has 1 saturated carbocycles. The standard InChI is InChI=1S/C16H19NO6S/c18-16(19)12-8-10-4-1-2-5-11(10)17(12)24(20,21)14-7-3-6-13-15(14)23-9-22-13/h3,6-7,10-12H,1-2,4-5,8-9H2,(H,18,19). The molecule has 7 nitrogen and oxygen atoms in total. The van der Waals surface area contributed by atoms with Gasteiger partial charge in [-0.05, 0) is 37.3 Å². The number of fused-ring (bicyclic) bond motifs is 2. The summed E-state index contributed by atoms with van der Waals surface area (Å²) in [6.07, 6.45) is 3.92. The fourth-order valence-corrected chi connectivity index (χ4v) is 6.21. The third-order valence-electron chi connectivity index (χ3n) is 5.23. The Morgan fingerprint density at radius 3 is 2.79 bits per heavy atom. The van der Waals surface area contributed by atoms with Crippen LogP contribution in [0.25, 0.3) is 0 Å². The predicted octanol–water partition coefficient (Wildman–Crippen LogP) is 1.82. The summed E-state index contributed by atoms with van der Waals surface area (Å²) in [5.41, 5.74) is 0. The zero-order valence-corrected chi connectivity index (χ0v) is 13.9. The number of para-hydroxylation sites is 1. The maximum atomic E-state index is 13.3. The molecule has 0 aromatic heterocycles. The monoisotopic (exact) mass is 353 g/mol. The summed E-state index contributed by atoms with van der Waals surface area (Å²) in [6.45, 7) is -0.0315. The van der Waals surface area contributed by atoms with Crippen molar-refractivity contribution in [3.8, 4) is 11.5 Å². The van der Waals surface area contributed by atoms with Gasteiger partial charge >= 0.3 is 5.97 Å². The first kappa shape index (κ1) is 15.7. The van der Waals surface area contributed by atoms with E-state index in [0.29, 0.717) is 18.6 Å². The zero-order chi connectivity index (χ0) is 16.9. The number of carboxylic acid groups (broad SMARTS) is 1. The number of nitrogens with zero attached hydrogens (tertiary/aromatic N) is 1. The van der Waals surface area contributed by atoms with Crippen LogP contribution in [-0.4, -0.2) is 42.7 Å². The Hall–Kier alpha value is -1.80. The van der Waals surface area contributed by atoms with Gasteiger partial charge in [0.2, 0.25) is 16.8 Å². The van der Waals surface area contributed by atoms with Crippen LogP contribution < -0.4 is 9.47 Å². The van der Waals surface area contributed by atoms with Gasteiger partial charge in [-0.15, -0.1) is 0 Å². The lowest BCUT2D eigenvalue weighted by Gasteiger charge is -2.32. The molecule has 4 rings (SSSR count). The lowest BCUT2D eigenvalue weighted by molar-refractivity contribution is -0.141. The van der Waals surface area contributed by atoms with Crippen molar-refractivity contribution < 1.29 is 27.8 Å². The molecule has 3 unspecified atom stereocenters. The van der Waals surface area contributed by atoms with Crippen molar-refractivity contribution in [2.45, 2.75) is 49.1 Å². The van der Waals surface area contributed by atoms with Gasteiger partial charge in [0.15, 0.2) is 11.5 Å². The summed E-state index contributed by atoms with van der Waals surface area (Å²) >= 11 is 0. The largest absolute Gasteiger partial charge is 0.480 e. The molecule has 1 aliphatic carbocycles. The summed E-state index contributed by atoms with van der Waals surface area (Å²) in [5.74, 6) is -0.412. The van der Waals surface area contributed by atoms with E-state index in [0.717, 1.165) is 19.3 Å². The molecule has 3 aliphatic rings. The maximum Gasteiger partial charge on any atom is 0.322 e. The van der Waals surface area contributed by atoms with Gasteiger partial charge < -0.3 is 14.6 Å². The minimum Gasteiger partial charge on any atom is -0.480 e. The van der Waals surface area contributed by atoms with Gasteiger partial charge in [-0.2, -0.15) is 4.31 Å². The average Bonchev–Trinajstić information content (AvgIpc) is 3.18. The molecule has 24 heavy (non-hydrogen) atoms. The second kappa shape index (κ2) is 5.63. The third-order valence-corrected chi connectivity index (χ3v) is 7.19. The molecule has 0 radical (unpaired) electrons. The van der Waals surface area contributed by atoms with E-state index in [2.05, 4.69) is 0 Å². The Morgan fingerprint density at radius 1 is 1.21 bits per heavy atom. The van der Waals surface area contributed by atoms with Gasteiger partial charge in [-0.1, -0.05) is 18.9 Å². The summed E-state index contributed by atoms with van der Waals surface area (Å²) in [7, 11) is -3.98. The summed E-state index contributed by atoms with van der Waals surface area (Å²) in [5, 5.41) is 9.57. The van der Waals surface area contributed by atoms with Crippen LogP contribution in [0.1, 0.15) is 32.1 Å². The van der Waals surface area contributed by atoms with Crippen LogP contribution in [0.5, 0.6) is 11.5 Å². The first-order valence-corrected chi connectivity index (χ1v) is 9.59. The minimum atomic E-state index is -3.98. The SMILES string of the molecule is O=C(O)C1CC2CCCCC2N1S(=O)(=O)c1cccc2c1OCO2. The zero-order valence-electron chi connectivity index (χ0n) is 13.1. The van der Waals surface area contributed by atoms with E-state index in [4.69, 9.17) is 9.47 Å². The molecule has 0 bridgehead atoms. The van der Waals surface area contributed by atoms with Crippen LogP contribution >= 0.6 is 0 Å². The molecular weight excluding hydrogens is 334 g/mol. The van der Waals surface area contributed by atoms with Crippen molar-refractivity contribution in [3.63, 3.8) is 0 Å². The van der Waals surface area contributed by atoms with Crippen molar-refractivity contribution in [1.82, 2.24) is 4.31 Å². The number of rotatable bonds is 3. The molecule has 2 fully saturated rings. The highest BCUT2D eigenvalue weighted by Crippen LogP contribution is 2.46. The molecule has 1 saturated heterocycles. The van der Waals surface area contributed by atoms with Crippen LogP contribution in [0.2, 0.25) is 0 Å². The number of carbonyl (C=O) groups is 1. The van der Waals surface area contributed by atoms with Crippen LogP contribution in [0.4, 0.5) is 0 Å². The first-order valence-electron chi connectivity index (χ1n) is 8.15. The highest BCUT2D eigenvalue weighted by molar-refractivity contribution is 7.89. The van der Waals surface area contributed by atoms with Crippen molar-refractivity contribution in [2.24, 2.45) is 5.92 Å². The number of carboxylic acids is 1. The molecule has 1 aromatic rings. The number of aliphatic carboxylic acids is 1. The topological polar surface area (TPSA) is 93.1 Å². The minimum absolute atomic E-state index is 0.00465. The molecule has 1 aromatic carbocycles. The van der Waals surface area contributed by atoms with E-state index in [1.807, 2.05) is 0 Å². The van der Waals surface area contributed by atoms with Crippen molar-refractivity contribution in [1.29, 1.82) is 0 Å². The molecule has 8 heteroatoms. The van der Waals surface area contributed by atoms with Crippen molar-refractivity contribution in [3.05, 3.63) is 18.2 Å². The molecule has 130 valence electrons. The quantitative estimate of drug-likeness (QED) is 0.891. The first-order chi connectivity index (χ1) is 11.5. The van der Waals surface area contributed by atoms with Gasteiger partial charge in [0, 0.05) is 6.04 Å². The lowest BCUT2D eigenvalue weighted by Crippen LogP contribution is -2.46. The Kier molecular flexibility index (Phi) is 3.69. The van der Waals surface area contributed by atoms with Crippen LogP contribution in [0.15, 0.2) is 23.1 Å². The summed E-state index contributed by atoms with van der Waals surface area (Å²) < 4.78 is 38.4. The van der Waals surface area contributed by atoms with E-state index in [9.17, 15) is 18.3 Å². The molecule has 0 spiro atoms. The van der Waals surface area contributed by atoms with Crippen molar-refractivity contribution >= 4 is 16.0 Å². The molecule has 3 atom stereocenters. The Balaban J connectivity index is 1.80.